The van der Waals surface area contributed by atoms with Gasteiger partial charge in [0.25, 0.3) is 11.8 Å². The summed E-state index contributed by atoms with van der Waals surface area (Å²) in [6.07, 6.45) is 0. The Labute approximate surface area is 144 Å². The number of rotatable bonds is 3. The zero-order valence-electron chi connectivity index (χ0n) is 13.2. The fourth-order valence-corrected chi connectivity index (χ4v) is 2.92. The third-order valence-electron chi connectivity index (χ3n) is 3.97. The number of imide groups is 1. The van der Waals surface area contributed by atoms with Crippen LogP contribution in [0.2, 0.25) is 5.02 Å². The molecule has 1 heterocycles. The normalized spacial score (nSPS) is 14.5. The van der Waals surface area contributed by atoms with Crippen molar-refractivity contribution in [2.75, 3.05) is 5.32 Å². The summed E-state index contributed by atoms with van der Waals surface area (Å²) >= 11 is 6.11. The summed E-state index contributed by atoms with van der Waals surface area (Å²) in [4.78, 5) is 38.3. The lowest BCUT2D eigenvalue weighted by Crippen LogP contribution is -2.45. The van der Waals surface area contributed by atoms with Gasteiger partial charge < -0.3 is 5.32 Å². The Morgan fingerprint density at radius 3 is 2.21 bits per heavy atom. The van der Waals surface area contributed by atoms with Gasteiger partial charge in [-0.1, -0.05) is 29.8 Å². The maximum atomic E-state index is 12.5. The molecule has 0 spiro atoms. The first-order valence-electron chi connectivity index (χ1n) is 7.44. The lowest BCUT2D eigenvalue weighted by Gasteiger charge is -2.22. The number of nitrogens with one attached hydrogen (secondary N) is 1. The average Bonchev–Trinajstić information content (AvgIpc) is 2.81. The molecule has 2 aromatic carbocycles. The van der Waals surface area contributed by atoms with E-state index < -0.39 is 23.8 Å². The van der Waals surface area contributed by atoms with Crippen molar-refractivity contribution in [3.8, 4) is 0 Å². The number of halogens is 1. The van der Waals surface area contributed by atoms with Crippen LogP contribution in [0.4, 0.5) is 5.69 Å². The van der Waals surface area contributed by atoms with E-state index in [2.05, 4.69) is 5.32 Å². The first-order chi connectivity index (χ1) is 11.4. The highest BCUT2D eigenvalue weighted by Crippen LogP contribution is 2.26. The summed E-state index contributed by atoms with van der Waals surface area (Å²) in [6.45, 7) is 3.40. The number of hydrogen-bond acceptors (Lipinski definition) is 3. The van der Waals surface area contributed by atoms with Crippen LogP contribution in [-0.4, -0.2) is 28.7 Å². The van der Waals surface area contributed by atoms with Crippen LogP contribution >= 0.6 is 11.6 Å². The zero-order chi connectivity index (χ0) is 17.4. The van der Waals surface area contributed by atoms with Crippen molar-refractivity contribution in [1.82, 2.24) is 4.90 Å². The molecule has 1 aliphatic rings. The number of carbonyl (C=O) groups excluding carboxylic acids is 3. The van der Waals surface area contributed by atoms with Crippen molar-refractivity contribution in [3.05, 3.63) is 64.2 Å². The van der Waals surface area contributed by atoms with Crippen LogP contribution in [0.25, 0.3) is 0 Å². The first-order valence-corrected chi connectivity index (χ1v) is 7.82. The fraction of sp³-hybridized carbons (Fsp3) is 0.167. The molecule has 0 saturated heterocycles. The summed E-state index contributed by atoms with van der Waals surface area (Å²) in [6, 6.07) is 10.8. The standard InChI is InChI=1S/C18H15ClN2O3/c1-10-7-8-15(14(19)9-10)20-16(22)11(2)21-17(23)12-5-3-4-6-13(12)18(21)24/h3-9,11H,1-2H3,(H,20,22)/t11-/m1/s1. The van der Waals surface area contributed by atoms with Crippen LogP contribution in [0.5, 0.6) is 0 Å². The smallest absolute Gasteiger partial charge is 0.262 e. The van der Waals surface area contributed by atoms with Gasteiger partial charge in [0.1, 0.15) is 6.04 Å². The van der Waals surface area contributed by atoms with Gasteiger partial charge in [-0.05, 0) is 43.7 Å². The van der Waals surface area contributed by atoms with Crippen LogP contribution in [0.1, 0.15) is 33.2 Å². The minimum absolute atomic E-state index is 0.315. The molecule has 0 bridgehead atoms. The molecule has 6 heteroatoms. The maximum absolute atomic E-state index is 12.5. The summed E-state index contributed by atoms with van der Waals surface area (Å²) in [5.41, 5.74) is 2.04. The summed E-state index contributed by atoms with van der Waals surface area (Å²) in [5.74, 6) is -1.41. The molecule has 0 radical (unpaired) electrons. The molecule has 0 aromatic heterocycles. The third kappa shape index (κ3) is 2.67. The predicted molar refractivity (Wildman–Crippen MR) is 91.2 cm³/mol. The van der Waals surface area contributed by atoms with E-state index in [9.17, 15) is 14.4 Å². The van der Waals surface area contributed by atoms with Crippen molar-refractivity contribution >= 4 is 35.0 Å². The van der Waals surface area contributed by atoms with E-state index in [0.29, 0.717) is 21.8 Å². The second-order valence-electron chi connectivity index (χ2n) is 5.67. The Morgan fingerprint density at radius 2 is 1.67 bits per heavy atom. The maximum Gasteiger partial charge on any atom is 0.262 e. The number of amides is 3. The van der Waals surface area contributed by atoms with Gasteiger partial charge in [0.2, 0.25) is 5.91 Å². The van der Waals surface area contributed by atoms with E-state index in [4.69, 9.17) is 11.6 Å². The quantitative estimate of drug-likeness (QED) is 0.870. The number of fused-ring (bicyclic) bond motifs is 1. The van der Waals surface area contributed by atoms with E-state index in [1.54, 1.807) is 36.4 Å². The number of carbonyl (C=O) groups is 3. The second-order valence-corrected chi connectivity index (χ2v) is 6.08. The average molecular weight is 343 g/mol. The number of hydrogen-bond donors (Lipinski definition) is 1. The van der Waals surface area contributed by atoms with Crippen LogP contribution < -0.4 is 5.32 Å². The molecule has 24 heavy (non-hydrogen) atoms. The number of anilines is 1. The van der Waals surface area contributed by atoms with E-state index in [1.165, 1.54) is 6.92 Å². The molecule has 3 amide bonds. The Balaban J connectivity index is 1.82. The highest BCUT2D eigenvalue weighted by molar-refractivity contribution is 6.34. The van der Waals surface area contributed by atoms with Crippen LogP contribution in [0.15, 0.2) is 42.5 Å². The Bertz CT molecular complexity index is 828. The van der Waals surface area contributed by atoms with E-state index >= 15 is 0 Å². The molecule has 1 N–H and O–H groups in total. The monoisotopic (exact) mass is 342 g/mol. The Kier molecular flexibility index (Phi) is 4.11. The van der Waals surface area contributed by atoms with E-state index in [-0.39, 0.29) is 0 Å². The van der Waals surface area contributed by atoms with Gasteiger partial charge in [-0.2, -0.15) is 0 Å². The minimum Gasteiger partial charge on any atom is -0.323 e. The number of nitrogens with zero attached hydrogens (tertiary/aromatic N) is 1. The third-order valence-corrected chi connectivity index (χ3v) is 4.29. The number of aryl methyl sites for hydroxylation is 1. The SMILES string of the molecule is Cc1ccc(NC(=O)[C@@H](C)N2C(=O)c3ccccc3C2=O)c(Cl)c1. The largest absolute Gasteiger partial charge is 0.323 e. The molecule has 1 aliphatic heterocycles. The van der Waals surface area contributed by atoms with Crippen molar-refractivity contribution in [1.29, 1.82) is 0 Å². The zero-order valence-corrected chi connectivity index (χ0v) is 13.9. The van der Waals surface area contributed by atoms with Crippen LogP contribution in [-0.2, 0) is 4.79 Å². The molecule has 5 nitrogen and oxygen atoms in total. The highest BCUT2D eigenvalue weighted by atomic mass is 35.5. The predicted octanol–water partition coefficient (Wildman–Crippen LogP) is 3.27. The second kappa shape index (κ2) is 6.09. The fourth-order valence-electron chi connectivity index (χ4n) is 2.64. The molecular formula is C18H15ClN2O3. The molecule has 0 unspecified atom stereocenters. The van der Waals surface area contributed by atoms with Crippen molar-refractivity contribution in [3.63, 3.8) is 0 Å². The lowest BCUT2D eigenvalue weighted by molar-refractivity contribution is -0.119. The summed E-state index contributed by atoms with van der Waals surface area (Å²) in [5, 5.41) is 3.07. The van der Waals surface area contributed by atoms with E-state index in [1.807, 2.05) is 13.0 Å². The summed E-state index contributed by atoms with van der Waals surface area (Å²) in [7, 11) is 0. The van der Waals surface area contributed by atoms with Crippen LogP contribution in [0, 0.1) is 6.92 Å². The first kappa shape index (κ1) is 16.2. The molecule has 122 valence electrons. The van der Waals surface area contributed by atoms with Crippen LogP contribution in [0.3, 0.4) is 0 Å². The highest BCUT2D eigenvalue weighted by Gasteiger charge is 2.40. The van der Waals surface area contributed by atoms with Crippen molar-refractivity contribution in [2.45, 2.75) is 19.9 Å². The molecule has 3 rings (SSSR count). The molecule has 0 aliphatic carbocycles. The molecule has 2 aromatic rings. The van der Waals surface area contributed by atoms with Crippen molar-refractivity contribution < 1.29 is 14.4 Å². The lowest BCUT2D eigenvalue weighted by atomic mass is 10.1. The van der Waals surface area contributed by atoms with Gasteiger partial charge in [0.05, 0.1) is 21.8 Å². The minimum atomic E-state index is -0.949. The van der Waals surface area contributed by atoms with Gasteiger partial charge in [-0.3, -0.25) is 19.3 Å². The Morgan fingerprint density at radius 1 is 1.08 bits per heavy atom. The summed E-state index contributed by atoms with van der Waals surface area (Å²) < 4.78 is 0. The van der Waals surface area contributed by atoms with Gasteiger partial charge in [0, 0.05) is 0 Å². The molecule has 0 saturated carbocycles. The molecular weight excluding hydrogens is 328 g/mol. The van der Waals surface area contributed by atoms with Crippen molar-refractivity contribution in [2.24, 2.45) is 0 Å². The van der Waals surface area contributed by atoms with Gasteiger partial charge in [-0.25, -0.2) is 0 Å². The van der Waals surface area contributed by atoms with Gasteiger partial charge in [0.15, 0.2) is 0 Å². The molecule has 0 fully saturated rings. The molecule has 1 atom stereocenters. The number of benzene rings is 2. The van der Waals surface area contributed by atoms with Gasteiger partial charge in [-0.15, -0.1) is 0 Å². The van der Waals surface area contributed by atoms with Gasteiger partial charge >= 0.3 is 0 Å². The van der Waals surface area contributed by atoms with E-state index in [0.717, 1.165) is 10.5 Å². The topological polar surface area (TPSA) is 66.5 Å². The Hall–Kier alpha value is -2.66.